The van der Waals surface area contributed by atoms with Crippen LogP contribution in [-0.4, -0.2) is 26.7 Å². The molecule has 0 radical (unpaired) electrons. The highest BCUT2D eigenvalue weighted by Gasteiger charge is 2.24. The number of hydrogen-bond donors (Lipinski definition) is 2. The Hall–Kier alpha value is -0.430. The molecule has 1 aromatic rings. The van der Waals surface area contributed by atoms with E-state index in [1.165, 1.54) is 17.8 Å². The summed E-state index contributed by atoms with van der Waals surface area (Å²) in [5, 5.41) is 8.85. The summed E-state index contributed by atoms with van der Waals surface area (Å²) < 4.78 is 27.3. The third-order valence-corrected chi connectivity index (χ3v) is 6.69. The lowest BCUT2D eigenvalue weighted by molar-refractivity contribution is 0.300. The summed E-state index contributed by atoms with van der Waals surface area (Å²) in [6, 6.07) is 3.39. The Labute approximate surface area is 118 Å². The molecule has 1 aliphatic carbocycles. The van der Waals surface area contributed by atoms with Crippen molar-refractivity contribution >= 4 is 21.4 Å². The number of sulfonamides is 1. The van der Waals surface area contributed by atoms with Crippen LogP contribution in [0.2, 0.25) is 0 Å². The molecule has 4 nitrogen and oxygen atoms in total. The van der Waals surface area contributed by atoms with Gasteiger partial charge in [-0.15, -0.1) is 11.3 Å². The lowest BCUT2D eigenvalue weighted by atomic mass is 10.1. The van der Waals surface area contributed by atoms with Gasteiger partial charge in [-0.1, -0.05) is 13.3 Å². The molecule has 1 aliphatic rings. The molecular formula is C13H21NO3S2. The molecule has 2 unspecified atom stereocenters. The summed E-state index contributed by atoms with van der Waals surface area (Å²) in [6.07, 6.45) is 3.94. The molecule has 0 aliphatic heterocycles. The van der Waals surface area contributed by atoms with E-state index in [-0.39, 0.29) is 6.61 Å². The van der Waals surface area contributed by atoms with Crippen LogP contribution >= 0.6 is 11.3 Å². The Morgan fingerprint density at radius 1 is 1.42 bits per heavy atom. The molecule has 6 heteroatoms. The zero-order valence-corrected chi connectivity index (χ0v) is 12.8. The molecule has 0 aromatic carbocycles. The molecule has 2 atom stereocenters. The van der Waals surface area contributed by atoms with Crippen molar-refractivity contribution in [3.63, 3.8) is 0 Å². The fraction of sp³-hybridized carbons (Fsp3) is 0.692. The molecule has 108 valence electrons. The standard InChI is InChI=1S/C13H21NO3S2/c1-10-2-3-11(8-10)9-14-19(16,17)13-5-4-12(18-13)6-7-15/h4-5,10-11,14-15H,2-3,6-9H2,1H3. The highest BCUT2D eigenvalue weighted by molar-refractivity contribution is 7.91. The predicted octanol–water partition coefficient (Wildman–Crippen LogP) is 2.00. The Morgan fingerprint density at radius 2 is 2.21 bits per heavy atom. The molecule has 1 fully saturated rings. The Morgan fingerprint density at radius 3 is 2.84 bits per heavy atom. The lowest BCUT2D eigenvalue weighted by Crippen LogP contribution is -2.28. The lowest BCUT2D eigenvalue weighted by Gasteiger charge is -2.10. The van der Waals surface area contributed by atoms with Gasteiger partial charge in [-0.3, -0.25) is 0 Å². The molecular weight excluding hydrogens is 282 g/mol. The van der Waals surface area contributed by atoms with E-state index in [4.69, 9.17) is 5.11 Å². The monoisotopic (exact) mass is 303 g/mol. The largest absolute Gasteiger partial charge is 0.396 e. The van der Waals surface area contributed by atoms with Gasteiger partial charge in [0.25, 0.3) is 0 Å². The van der Waals surface area contributed by atoms with Crippen LogP contribution in [-0.2, 0) is 16.4 Å². The van der Waals surface area contributed by atoms with Crippen LogP contribution in [0.5, 0.6) is 0 Å². The van der Waals surface area contributed by atoms with Gasteiger partial charge < -0.3 is 5.11 Å². The summed E-state index contributed by atoms with van der Waals surface area (Å²) in [7, 11) is -3.38. The maximum absolute atomic E-state index is 12.1. The number of thiophene rings is 1. The van der Waals surface area contributed by atoms with Crippen molar-refractivity contribution in [2.75, 3.05) is 13.2 Å². The van der Waals surface area contributed by atoms with Crippen LogP contribution in [0.15, 0.2) is 16.3 Å². The number of aliphatic hydroxyl groups is 1. The highest BCUT2D eigenvalue weighted by Crippen LogP contribution is 2.30. The Kier molecular flexibility index (Phi) is 5.00. The molecule has 2 N–H and O–H groups in total. The van der Waals surface area contributed by atoms with Crippen molar-refractivity contribution in [3.8, 4) is 0 Å². The third kappa shape index (κ3) is 4.02. The molecule has 0 spiro atoms. The van der Waals surface area contributed by atoms with Crippen LogP contribution in [0, 0.1) is 11.8 Å². The van der Waals surface area contributed by atoms with Gasteiger partial charge in [0.05, 0.1) is 0 Å². The van der Waals surface area contributed by atoms with Gasteiger partial charge in [0, 0.05) is 24.4 Å². The summed E-state index contributed by atoms with van der Waals surface area (Å²) in [5.74, 6) is 1.19. The van der Waals surface area contributed by atoms with E-state index in [1.807, 2.05) is 0 Å². The maximum Gasteiger partial charge on any atom is 0.250 e. The number of rotatable bonds is 6. The van der Waals surface area contributed by atoms with E-state index in [1.54, 1.807) is 12.1 Å². The minimum atomic E-state index is -3.38. The molecule has 0 amide bonds. The second-order valence-corrected chi connectivity index (χ2v) is 8.49. The second kappa shape index (κ2) is 6.35. The van der Waals surface area contributed by atoms with Gasteiger partial charge in [0.15, 0.2) is 0 Å². The van der Waals surface area contributed by atoms with Crippen LogP contribution in [0.3, 0.4) is 0 Å². The molecule has 1 heterocycles. The minimum Gasteiger partial charge on any atom is -0.396 e. The van der Waals surface area contributed by atoms with Crippen LogP contribution < -0.4 is 4.72 Å². The van der Waals surface area contributed by atoms with E-state index in [9.17, 15) is 8.42 Å². The second-order valence-electron chi connectivity index (χ2n) is 5.33. The van der Waals surface area contributed by atoms with Gasteiger partial charge in [-0.05, 0) is 36.8 Å². The maximum atomic E-state index is 12.1. The zero-order valence-electron chi connectivity index (χ0n) is 11.1. The quantitative estimate of drug-likeness (QED) is 0.844. The first-order chi connectivity index (χ1) is 9.01. The zero-order chi connectivity index (χ0) is 13.9. The predicted molar refractivity (Wildman–Crippen MR) is 76.8 cm³/mol. The van der Waals surface area contributed by atoms with E-state index in [0.29, 0.717) is 29.0 Å². The van der Waals surface area contributed by atoms with Crippen molar-refractivity contribution in [1.29, 1.82) is 0 Å². The minimum absolute atomic E-state index is 0.0490. The average molecular weight is 303 g/mol. The summed E-state index contributed by atoms with van der Waals surface area (Å²) in [4.78, 5) is 0.900. The van der Waals surface area contributed by atoms with Gasteiger partial charge in [-0.2, -0.15) is 0 Å². The fourth-order valence-electron chi connectivity index (χ4n) is 2.56. The third-order valence-electron chi connectivity index (χ3n) is 3.63. The van der Waals surface area contributed by atoms with Crippen molar-refractivity contribution < 1.29 is 13.5 Å². The van der Waals surface area contributed by atoms with E-state index >= 15 is 0 Å². The summed E-state index contributed by atoms with van der Waals surface area (Å²) in [6.45, 7) is 2.81. The molecule has 1 aromatic heterocycles. The van der Waals surface area contributed by atoms with Gasteiger partial charge in [0.2, 0.25) is 10.0 Å². The van der Waals surface area contributed by atoms with E-state index < -0.39 is 10.0 Å². The summed E-state index contributed by atoms with van der Waals surface area (Å²) in [5.41, 5.74) is 0. The van der Waals surface area contributed by atoms with Crippen LogP contribution in [0.25, 0.3) is 0 Å². The molecule has 19 heavy (non-hydrogen) atoms. The SMILES string of the molecule is CC1CCC(CNS(=O)(=O)c2ccc(CCO)s2)C1. The van der Waals surface area contributed by atoms with Crippen molar-refractivity contribution in [1.82, 2.24) is 4.72 Å². The molecule has 2 rings (SSSR count). The van der Waals surface area contributed by atoms with Crippen LogP contribution in [0.1, 0.15) is 31.1 Å². The Balaban J connectivity index is 1.93. The smallest absolute Gasteiger partial charge is 0.250 e. The topological polar surface area (TPSA) is 66.4 Å². The first-order valence-corrected chi connectivity index (χ1v) is 9.00. The van der Waals surface area contributed by atoms with Gasteiger partial charge in [-0.25, -0.2) is 13.1 Å². The van der Waals surface area contributed by atoms with Gasteiger partial charge in [0.1, 0.15) is 4.21 Å². The first-order valence-electron chi connectivity index (χ1n) is 6.70. The molecule has 1 saturated carbocycles. The summed E-state index contributed by atoms with van der Waals surface area (Å²) >= 11 is 1.24. The fourth-order valence-corrected chi connectivity index (χ4v) is 5.06. The van der Waals surface area contributed by atoms with E-state index in [2.05, 4.69) is 11.6 Å². The van der Waals surface area contributed by atoms with Crippen molar-refractivity contribution in [2.24, 2.45) is 11.8 Å². The molecule has 0 saturated heterocycles. The highest BCUT2D eigenvalue weighted by atomic mass is 32.2. The number of aliphatic hydroxyl groups excluding tert-OH is 1. The normalized spacial score (nSPS) is 23.9. The number of nitrogens with one attached hydrogen (secondary N) is 1. The van der Waals surface area contributed by atoms with Gasteiger partial charge >= 0.3 is 0 Å². The Bertz CT molecular complexity index is 510. The van der Waals surface area contributed by atoms with Crippen molar-refractivity contribution in [2.45, 2.75) is 36.8 Å². The molecule has 0 bridgehead atoms. The number of hydrogen-bond acceptors (Lipinski definition) is 4. The average Bonchev–Trinajstić information content (AvgIpc) is 2.97. The van der Waals surface area contributed by atoms with Crippen molar-refractivity contribution in [3.05, 3.63) is 17.0 Å². The first kappa shape index (κ1) is 15.0. The van der Waals surface area contributed by atoms with Crippen LogP contribution in [0.4, 0.5) is 0 Å². The van der Waals surface area contributed by atoms with E-state index in [0.717, 1.165) is 17.7 Å².